The summed E-state index contributed by atoms with van der Waals surface area (Å²) in [5, 5.41) is 13.5. The van der Waals surface area contributed by atoms with Gasteiger partial charge >= 0.3 is 0 Å². The highest BCUT2D eigenvalue weighted by atomic mass is 79.9. The van der Waals surface area contributed by atoms with Gasteiger partial charge in [0.1, 0.15) is 16.6 Å². The number of hydrazine groups is 1. The van der Waals surface area contributed by atoms with Crippen LogP contribution in [0.3, 0.4) is 0 Å². The number of anilines is 2. The van der Waals surface area contributed by atoms with Gasteiger partial charge in [0.2, 0.25) is 0 Å². The van der Waals surface area contributed by atoms with E-state index >= 15 is 0 Å². The number of aliphatic hydroxyl groups is 1. The van der Waals surface area contributed by atoms with E-state index in [2.05, 4.69) is 36.6 Å². The SMILES string of the molecule is NNc1ncnc(NCC2(O)CCCCC2)c1Br. The van der Waals surface area contributed by atoms with E-state index in [1.54, 1.807) is 0 Å². The van der Waals surface area contributed by atoms with Gasteiger partial charge in [-0.05, 0) is 28.8 Å². The smallest absolute Gasteiger partial charge is 0.159 e. The lowest BCUT2D eigenvalue weighted by Crippen LogP contribution is -2.39. The average molecular weight is 316 g/mol. The first-order valence-corrected chi connectivity index (χ1v) is 6.87. The Balaban J connectivity index is 2.01. The van der Waals surface area contributed by atoms with Crippen LogP contribution in [0.25, 0.3) is 0 Å². The molecule has 0 unspecified atom stereocenters. The van der Waals surface area contributed by atoms with Crippen molar-refractivity contribution in [2.75, 3.05) is 17.3 Å². The van der Waals surface area contributed by atoms with E-state index in [0.29, 0.717) is 22.7 Å². The first-order chi connectivity index (χ1) is 8.64. The fourth-order valence-electron chi connectivity index (χ4n) is 2.23. The topological polar surface area (TPSA) is 96.1 Å². The van der Waals surface area contributed by atoms with Gasteiger partial charge in [-0.2, -0.15) is 0 Å². The number of nitrogens with two attached hydrogens (primary N) is 1. The average Bonchev–Trinajstić information content (AvgIpc) is 2.38. The second-order valence-electron chi connectivity index (χ2n) is 4.67. The third kappa shape index (κ3) is 3.09. The molecule has 5 N–H and O–H groups in total. The standard InChI is InChI=1S/C11H18BrN5O/c12-8-9(15-7-16-10(8)17-13)14-6-11(18)4-2-1-3-5-11/h7,18H,1-6,13H2,(H2,14,15,16,17). The van der Waals surface area contributed by atoms with E-state index in [0.717, 1.165) is 25.7 Å². The third-order valence-electron chi connectivity index (χ3n) is 3.30. The van der Waals surface area contributed by atoms with Gasteiger partial charge in [0.25, 0.3) is 0 Å². The normalized spacial score (nSPS) is 18.4. The van der Waals surface area contributed by atoms with E-state index in [-0.39, 0.29) is 0 Å². The summed E-state index contributed by atoms with van der Waals surface area (Å²) in [4.78, 5) is 8.10. The van der Waals surface area contributed by atoms with Crippen molar-refractivity contribution in [3.05, 3.63) is 10.8 Å². The van der Waals surface area contributed by atoms with Crippen LogP contribution >= 0.6 is 15.9 Å². The molecule has 6 nitrogen and oxygen atoms in total. The molecule has 0 saturated heterocycles. The molecule has 2 rings (SSSR count). The fourth-order valence-corrected chi connectivity index (χ4v) is 2.69. The first kappa shape index (κ1) is 13.5. The van der Waals surface area contributed by atoms with Crippen molar-refractivity contribution in [1.82, 2.24) is 9.97 Å². The zero-order chi connectivity index (χ0) is 13.0. The van der Waals surface area contributed by atoms with Crippen LogP contribution in [0.1, 0.15) is 32.1 Å². The molecule has 0 bridgehead atoms. The number of nitrogens with one attached hydrogen (secondary N) is 2. The van der Waals surface area contributed by atoms with Gasteiger partial charge in [-0.15, -0.1) is 0 Å². The Bertz CT molecular complexity index is 408. The minimum Gasteiger partial charge on any atom is -0.388 e. The van der Waals surface area contributed by atoms with Crippen LogP contribution < -0.4 is 16.6 Å². The summed E-state index contributed by atoms with van der Waals surface area (Å²) in [6.45, 7) is 0.493. The molecule has 0 aliphatic heterocycles. The minimum absolute atomic E-state index is 0.493. The van der Waals surface area contributed by atoms with Crippen LogP contribution in [-0.4, -0.2) is 27.2 Å². The Morgan fingerprint density at radius 3 is 2.61 bits per heavy atom. The van der Waals surface area contributed by atoms with Gasteiger partial charge in [0.05, 0.1) is 5.60 Å². The Morgan fingerprint density at radius 2 is 1.94 bits per heavy atom. The molecule has 0 radical (unpaired) electrons. The quantitative estimate of drug-likeness (QED) is 0.498. The zero-order valence-electron chi connectivity index (χ0n) is 10.1. The third-order valence-corrected chi connectivity index (χ3v) is 4.05. The fraction of sp³-hybridized carbons (Fsp3) is 0.636. The van der Waals surface area contributed by atoms with Crippen LogP contribution in [0.2, 0.25) is 0 Å². The van der Waals surface area contributed by atoms with Crippen LogP contribution in [-0.2, 0) is 0 Å². The van der Waals surface area contributed by atoms with Crippen molar-refractivity contribution in [2.24, 2.45) is 5.84 Å². The van der Waals surface area contributed by atoms with E-state index in [1.165, 1.54) is 12.7 Å². The number of nitrogens with zero attached hydrogens (tertiary/aromatic N) is 2. The molecule has 18 heavy (non-hydrogen) atoms. The molecule has 1 aliphatic carbocycles. The summed E-state index contributed by atoms with van der Waals surface area (Å²) in [5.74, 6) is 6.49. The highest BCUT2D eigenvalue weighted by molar-refractivity contribution is 9.10. The summed E-state index contributed by atoms with van der Waals surface area (Å²) in [5.41, 5.74) is 1.86. The van der Waals surface area contributed by atoms with Gasteiger partial charge in [-0.1, -0.05) is 19.3 Å². The molecule has 1 saturated carbocycles. The Labute approximate surface area is 114 Å². The van der Waals surface area contributed by atoms with Crippen LogP contribution in [0, 0.1) is 0 Å². The molecule has 1 aliphatic rings. The predicted molar refractivity (Wildman–Crippen MR) is 74.1 cm³/mol. The van der Waals surface area contributed by atoms with Gasteiger partial charge in [0.15, 0.2) is 5.82 Å². The number of hydrogen-bond donors (Lipinski definition) is 4. The molecule has 1 fully saturated rings. The molecule has 1 aromatic rings. The summed E-state index contributed by atoms with van der Waals surface area (Å²) in [6, 6.07) is 0. The predicted octanol–water partition coefficient (Wildman–Crippen LogP) is 1.63. The zero-order valence-corrected chi connectivity index (χ0v) is 11.7. The van der Waals surface area contributed by atoms with Crippen molar-refractivity contribution in [1.29, 1.82) is 0 Å². The van der Waals surface area contributed by atoms with Crippen molar-refractivity contribution in [3.8, 4) is 0 Å². The Morgan fingerprint density at radius 1 is 1.28 bits per heavy atom. The van der Waals surface area contributed by atoms with E-state index in [9.17, 15) is 5.11 Å². The molecule has 0 spiro atoms. The van der Waals surface area contributed by atoms with Crippen molar-refractivity contribution in [2.45, 2.75) is 37.7 Å². The molecule has 0 aromatic carbocycles. The first-order valence-electron chi connectivity index (χ1n) is 6.08. The van der Waals surface area contributed by atoms with Gasteiger partial charge in [-0.3, -0.25) is 0 Å². The molecule has 0 atom stereocenters. The maximum atomic E-state index is 10.4. The summed E-state index contributed by atoms with van der Waals surface area (Å²) in [7, 11) is 0. The van der Waals surface area contributed by atoms with Crippen LogP contribution in [0.4, 0.5) is 11.6 Å². The van der Waals surface area contributed by atoms with Crippen molar-refractivity contribution < 1.29 is 5.11 Å². The summed E-state index contributed by atoms with van der Waals surface area (Å²) in [6.07, 6.45) is 6.47. The van der Waals surface area contributed by atoms with Gasteiger partial charge in [0, 0.05) is 6.54 Å². The van der Waals surface area contributed by atoms with Gasteiger partial charge < -0.3 is 15.8 Å². The number of aromatic nitrogens is 2. The lowest BCUT2D eigenvalue weighted by Gasteiger charge is -2.32. The molecular formula is C11H18BrN5O. The van der Waals surface area contributed by atoms with Gasteiger partial charge in [-0.25, -0.2) is 15.8 Å². The number of nitrogen functional groups attached to an aromatic ring is 1. The molecular weight excluding hydrogens is 298 g/mol. The second kappa shape index (κ2) is 5.81. The molecule has 1 aromatic heterocycles. The van der Waals surface area contributed by atoms with E-state index in [4.69, 9.17) is 5.84 Å². The molecule has 100 valence electrons. The number of rotatable bonds is 4. The summed E-state index contributed by atoms with van der Waals surface area (Å²) < 4.78 is 0.673. The monoisotopic (exact) mass is 315 g/mol. The maximum absolute atomic E-state index is 10.4. The number of halogens is 1. The molecule has 0 amide bonds. The minimum atomic E-state index is -0.626. The van der Waals surface area contributed by atoms with E-state index < -0.39 is 5.60 Å². The Hall–Kier alpha value is -0.920. The van der Waals surface area contributed by atoms with Crippen molar-refractivity contribution in [3.63, 3.8) is 0 Å². The second-order valence-corrected chi connectivity index (χ2v) is 5.46. The lowest BCUT2D eigenvalue weighted by atomic mass is 9.85. The summed E-state index contributed by atoms with van der Waals surface area (Å²) >= 11 is 3.37. The Kier molecular flexibility index (Phi) is 4.36. The molecule has 1 heterocycles. The van der Waals surface area contributed by atoms with Crippen LogP contribution in [0.5, 0.6) is 0 Å². The lowest BCUT2D eigenvalue weighted by molar-refractivity contribution is 0.0166. The highest BCUT2D eigenvalue weighted by Gasteiger charge is 2.29. The number of hydrogen-bond acceptors (Lipinski definition) is 6. The van der Waals surface area contributed by atoms with Crippen LogP contribution in [0.15, 0.2) is 10.8 Å². The molecule has 7 heteroatoms. The maximum Gasteiger partial charge on any atom is 0.159 e. The van der Waals surface area contributed by atoms with E-state index in [1.807, 2.05) is 0 Å². The highest BCUT2D eigenvalue weighted by Crippen LogP contribution is 2.30. The van der Waals surface area contributed by atoms with Crippen molar-refractivity contribution >= 4 is 27.6 Å². The largest absolute Gasteiger partial charge is 0.388 e.